The minimum atomic E-state index is 0.0210. The van der Waals surface area contributed by atoms with E-state index in [0.717, 1.165) is 18.5 Å². The highest BCUT2D eigenvalue weighted by Gasteiger charge is 2.12. The van der Waals surface area contributed by atoms with E-state index in [9.17, 15) is 4.79 Å². The summed E-state index contributed by atoms with van der Waals surface area (Å²) in [4.78, 5) is 15.6. The summed E-state index contributed by atoms with van der Waals surface area (Å²) in [7, 11) is 1.97. The van der Waals surface area contributed by atoms with Gasteiger partial charge >= 0.3 is 0 Å². The monoisotopic (exact) mass is 356 g/mol. The van der Waals surface area contributed by atoms with Gasteiger partial charge in [-0.05, 0) is 55.5 Å². The molecular weight excluding hydrogens is 328 g/mol. The van der Waals surface area contributed by atoms with Crippen LogP contribution in [0.5, 0.6) is 0 Å². The highest BCUT2D eigenvalue weighted by atomic mass is 32.2. The molecule has 0 aliphatic heterocycles. The number of hydrogen-bond donors (Lipinski definition) is 1. The Bertz CT molecular complexity index is 667. The molecule has 1 atom stereocenters. The van der Waals surface area contributed by atoms with Gasteiger partial charge in [0.15, 0.2) is 0 Å². The van der Waals surface area contributed by atoms with Crippen molar-refractivity contribution in [2.24, 2.45) is 0 Å². The summed E-state index contributed by atoms with van der Waals surface area (Å²) in [6.07, 6.45) is 3.10. The number of hydrogen-bond acceptors (Lipinski definition) is 3. The van der Waals surface area contributed by atoms with Gasteiger partial charge < -0.3 is 5.32 Å². The lowest BCUT2D eigenvalue weighted by atomic mass is 10.1. The zero-order valence-corrected chi connectivity index (χ0v) is 16.4. The van der Waals surface area contributed by atoms with Crippen LogP contribution in [0.2, 0.25) is 0 Å². The topological polar surface area (TPSA) is 32.3 Å². The van der Waals surface area contributed by atoms with Crippen molar-refractivity contribution in [3.63, 3.8) is 0 Å². The number of amides is 1. The number of nitrogens with one attached hydrogen (secondary N) is 1. The van der Waals surface area contributed by atoms with Gasteiger partial charge in [0, 0.05) is 11.4 Å². The first-order valence-electron chi connectivity index (χ1n) is 8.71. The predicted octanol–water partition coefficient (Wildman–Crippen LogP) is 4.28. The van der Waals surface area contributed by atoms with Gasteiger partial charge in [-0.1, -0.05) is 43.3 Å². The van der Waals surface area contributed by atoms with Gasteiger partial charge in [0.05, 0.1) is 12.6 Å². The van der Waals surface area contributed by atoms with Gasteiger partial charge in [-0.3, -0.25) is 9.69 Å². The molecule has 0 fully saturated rings. The second-order valence-electron chi connectivity index (χ2n) is 6.40. The standard InChI is InChI=1S/C21H28N2OS/c1-5-17-6-10-19(11-7-17)16(2)22-21(24)15-23(3)14-18-8-12-20(25-4)13-9-18/h6-13,16H,5,14-15H2,1-4H3,(H,22,24)/t16-/m1/s1. The van der Waals surface area contributed by atoms with Crippen LogP contribution in [0.15, 0.2) is 53.4 Å². The Morgan fingerprint density at radius 2 is 1.68 bits per heavy atom. The normalized spacial score (nSPS) is 12.2. The molecule has 4 heteroatoms. The first kappa shape index (κ1) is 19.5. The number of carbonyl (C=O) groups is 1. The maximum atomic E-state index is 12.3. The van der Waals surface area contributed by atoms with Crippen LogP contribution in [0.1, 0.15) is 36.6 Å². The minimum absolute atomic E-state index is 0.0210. The van der Waals surface area contributed by atoms with Crippen LogP contribution < -0.4 is 5.32 Å². The molecule has 0 radical (unpaired) electrons. The average molecular weight is 357 g/mol. The highest BCUT2D eigenvalue weighted by Crippen LogP contribution is 2.16. The lowest BCUT2D eigenvalue weighted by molar-refractivity contribution is -0.122. The summed E-state index contributed by atoms with van der Waals surface area (Å²) in [5, 5.41) is 3.08. The molecule has 0 heterocycles. The Labute approximate surface area is 155 Å². The van der Waals surface area contributed by atoms with E-state index in [2.05, 4.69) is 67.0 Å². The van der Waals surface area contributed by atoms with Crippen LogP contribution in [0.4, 0.5) is 0 Å². The third-order valence-corrected chi connectivity index (χ3v) is 5.03. The summed E-state index contributed by atoms with van der Waals surface area (Å²) < 4.78 is 0. The quantitative estimate of drug-likeness (QED) is 0.717. The third kappa shape index (κ3) is 6.22. The third-order valence-electron chi connectivity index (χ3n) is 4.29. The molecule has 2 aromatic rings. The molecule has 134 valence electrons. The van der Waals surface area contributed by atoms with E-state index < -0.39 is 0 Å². The van der Waals surface area contributed by atoms with Crippen molar-refractivity contribution >= 4 is 17.7 Å². The largest absolute Gasteiger partial charge is 0.348 e. The molecular formula is C21H28N2OS. The summed E-state index contributed by atoms with van der Waals surface area (Å²) >= 11 is 1.74. The number of carbonyl (C=O) groups excluding carboxylic acids is 1. The fraction of sp³-hybridized carbons (Fsp3) is 0.381. The SMILES string of the molecule is CCc1ccc([C@@H](C)NC(=O)CN(C)Cc2ccc(SC)cc2)cc1. The lowest BCUT2D eigenvalue weighted by Gasteiger charge is -2.19. The van der Waals surface area contributed by atoms with E-state index in [4.69, 9.17) is 0 Å². The Hall–Kier alpha value is -1.78. The molecule has 2 rings (SSSR count). The molecule has 0 saturated carbocycles. The zero-order valence-electron chi connectivity index (χ0n) is 15.6. The molecule has 2 aromatic carbocycles. The molecule has 0 saturated heterocycles. The van der Waals surface area contributed by atoms with Gasteiger partial charge in [-0.25, -0.2) is 0 Å². The smallest absolute Gasteiger partial charge is 0.234 e. The molecule has 0 aliphatic carbocycles. The van der Waals surface area contributed by atoms with Crippen molar-refractivity contribution in [3.8, 4) is 0 Å². The van der Waals surface area contributed by atoms with E-state index in [1.165, 1.54) is 16.0 Å². The molecule has 3 nitrogen and oxygen atoms in total. The van der Waals surface area contributed by atoms with Gasteiger partial charge in [-0.15, -0.1) is 11.8 Å². The number of nitrogens with zero attached hydrogens (tertiary/aromatic N) is 1. The number of rotatable bonds is 8. The Morgan fingerprint density at radius 3 is 2.24 bits per heavy atom. The zero-order chi connectivity index (χ0) is 18.2. The van der Waals surface area contributed by atoms with E-state index in [-0.39, 0.29) is 11.9 Å². The molecule has 0 aromatic heterocycles. The van der Waals surface area contributed by atoms with E-state index in [1.807, 2.05) is 18.9 Å². The molecule has 1 amide bonds. The van der Waals surface area contributed by atoms with Crippen LogP contribution in [0.25, 0.3) is 0 Å². The van der Waals surface area contributed by atoms with Gasteiger partial charge in [0.1, 0.15) is 0 Å². The van der Waals surface area contributed by atoms with Crippen LogP contribution in [-0.2, 0) is 17.8 Å². The molecule has 0 aliphatic rings. The van der Waals surface area contributed by atoms with Crippen molar-refractivity contribution in [2.75, 3.05) is 19.8 Å². The summed E-state index contributed by atoms with van der Waals surface area (Å²) in [6, 6.07) is 17.0. The van der Waals surface area contributed by atoms with Crippen LogP contribution in [0, 0.1) is 0 Å². The first-order chi connectivity index (χ1) is 12.0. The van der Waals surface area contributed by atoms with Crippen LogP contribution in [0.3, 0.4) is 0 Å². The molecule has 0 spiro atoms. The second-order valence-corrected chi connectivity index (χ2v) is 7.28. The lowest BCUT2D eigenvalue weighted by Crippen LogP contribution is -2.36. The highest BCUT2D eigenvalue weighted by molar-refractivity contribution is 7.98. The van der Waals surface area contributed by atoms with Crippen LogP contribution in [-0.4, -0.2) is 30.7 Å². The first-order valence-corrected chi connectivity index (χ1v) is 9.94. The maximum absolute atomic E-state index is 12.3. The molecule has 0 unspecified atom stereocenters. The van der Waals surface area contributed by atoms with Crippen molar-refractivity contribution in [1.82, 2.24) is 10.2 Å². The maximum Gasteiger partial charge on any atom is 0.234 e. The summed E-state index contributed by atoms with van der Waals surface area (Å²) in [6.45, 7) is 5.33. The molecule has 0 bridgehead atoms. The Kier molecular flexibility index (Phi) is 7.53. The fourth-order valence-corrected chi connectivity index (χ4v) is 3.16. The predicted molar refractivity (Wildman–Crippen MR) is 107 cm³/mol. The Morgan fingerprint density at radius 1 is 1.08 bits per heavy atom. The van der Waals surface area contributed by atoms with Crippen molar-refractivity contribution in [2.45, 2.75) is 37.8 Å². The van der Waals surface area contributed by atoms with Crippen molar-refractivity contribution in [3.05, 3.63) is 65.2 Å². The van der Waals surface area contributed by atoms with E-state index in [1.54, 1.807) is 11.8 Å². The number of thioether (sulfide) groups is 1. The van der Waals surface area contributed by atoms with Gasteiger partial charge in [0.2, 0.25) is 5.91 Å². The number of likely N-dealkylation sites (N-methyl/N-ethyl adjacent to an activating group) is 1. The van der Waals surface area contributed by atoms with Gasteiger partial charge in [-0.2, -0.15) is 0 Å². The van der Waals surface area contributed by atoms with Crippen molar-refractivity contribution < 1.29 is 4.79 Å². The average Bonchev–Trinajstić information content (AvgIpc) is 2.62. The summed E-state index contributed by atoms with van der Waals surface area (Å²) in [5.74, 6) is 0.0512. The minimum Gasteiger partial charge on any atom is -0.348 e. The van der Waals surface area contributed by atoms with Crippen LogP contribution >= 0.6 is 11.8 Å². The summed E-state index contributed by atoms with van der Waals surface area (Å²) in [5.41, 5.74) is 3.67. The Balaban J connectivity index is 1.83. The second kappa shape index (κ2) is 9.64. The van der Waals surface area contributed by atoms with E-state index in [0.29, 0.717) is 6.54 Å². The fourth-order valence-electron chi connectivity index (χ4n) is 2.76. The number of benzene rings is 2. The number of aryl methyl sites for hydroxylation is 1. The van der Waals surface area contributed by atoms with Gasteiger partial charge in [0.25, 0.3) is 0 Å². The molecule has 1 N–H and O–H groups in total. The van der Waals surface area contributed by atoms with E-state index >= 15 is 0 Å². The van der Waals surface area contributed by atoms with Crippen molar-refractivity contribution in [1.29, 1.82) is 0 Å². The molecule has 25 heavy (non-hydrogen) atoms.